The molecule has 1 heterocycles. The maximum absolute atomic E-state index is 13.2. The quantitative estimate of drug-likeness (QED) is 0.672. The molecule has 0 aliphatic carbocycles. The molecule has 0 fully saturated rings. The maximum atomic E-state index is 13.2. The second kappa shape index (κ2) is 8.06. The number of rotatable bonds is 6. The summed E-state index contributed by atoms with van der Waals surface area (Å²) in [6, 6.07) is 17.6. The lowest BCUT2D eigenvalue weighted by Gasteiger charge is -2.18. The fourth-order valence-corrected chi connectivity index (χ4v) is 5.59. The minimum absolute atomic E-state index is 0.0174. The lowest BCUT2D eigenvalue weighted by Crippen LogP contribution is -2.31. The zero-order valence-electron chi connectivity index (χ0n) is 15.2. The molecule has 0 bridgehead atoms. The molecule has 140 valence electrons. The van der Waals surface area contributed by atoms with Gasteiger partial charge in [-0.1, -0.05) is 41.5 Å². The molecular weight excluding hydrogens is 378 g/mol. The molecule has 0 radical (unpaired) electrons. The summed E-state index contributed by atoms with van der Waals surface area (Å²) in [6.45, 7) is 3.84. The molecule has 0 saturated heterocycles. The molecular formula is C21H21NO3S2. The van der Waals surface area contributed by atoms with Crippen LogP contribution in [0.15, 0.2) is 70.9 Å². The molecule has 6 heteroatoms. The Kier molecular flexibility index (Phi) is 5.77. The Bertz CT molecular complexity index is 1020. The Morgan fingerprint density at radius 1 is 1.00 bits per heavy atom. The van der Waals surface area contributed by atoms with Crippen molar-refractivity contribution in [2.75, 3.05) is 6.54 Å². The van der Waals surface area contributed by atoms with Gasteiger partial charge in [0.1, 0.15) is 5.25 Å². The molecule has 3 aromatic rings. The third kappa shape index (κ3) is 4.46. The predicted molar refractivity (Wildman–Crippen MR) is 109 cm³/mol. The standard InChI is InChI=1S/C21H21NO3S2/c1-15-8-10-18(11-9-15)27(24,25)20(19-7-4-12-26-19)14-22-21(23)17-6-3-5-16(2)13-17/h3-13,20H,14H2,1-2H3,(H,22,23). The van der Waals surface area contributed by atoms with Crippen molar-refractivity contribution in [1.82, 2.24) is 5.32 Å². The number of benzene rings is 2. The van der Waals surface area contributed by atoms with Crippen molar-refractivity contribution in [2.45, 2.75) is 24.0 Å². The zero-order valence-corrected chi connectivity index (χ0v) is 16.8. The summed E-state index contributed by atoms with van der Waals surface area (Å²) in [7, 11) is -3.63. The van der Waals surface area contributed by atoms with Crippen molar-refractivity contribution in [3.8, 4) is 0 Å². The highest BCUT2D eigenvalue weighted by molar-refractivity contribution is 7.91. The van der Waals surface area contributed by atoms with Gasteiger partial charge in [-0.3, -0.25) is 4.79 Å². The molecule has 1 aromatic heterocycles. The maximum Gasteiger partial charge on any atom is 0.251 e. The van der Waals surface area contributed by atoms with Crippen LogP contribution in [-0.2, 0) is 9.84 Å². The van der Waals surface area contributed by atoms with Crippen LogP contribution in [0.5, 0.6) is 0 Å². The number of hydrogen-bond donors (Lipinski definition) is 1. The predicted octanol–water partition coefficient (Wildman–Crippen LogP) is 4.31. The van der Waals surface area contributed by atoms with Crippen LogP contribution in [0.25, 0.3) is 0 Å². The average molecular weight is 400 g/mol. The number of nitrogens with one attached hydrogen (secondary N) is 1. The minimum Gasteiger partial charge on any atom is -0.350 e. The van der Waals surface area contributed by atoms with E-state index in [1.807, 2.05) is 37.4 Å². The van der Waals surface area contributed by atoms with Gasteiger partial charge in [0, 0.05) is 17.0 Å². The monoisotopic (exact) mass is 399 g/mol. The van der Waals surface area contributed by atoms with Gasteiger partial charge >= 0.3 is 0 Å². The number of hydrogen-bond acceptors (Lipinski definition) is 4. The number of carbonyl (C=O) groups excluding carboxylic acids is 1. The van der Waals surface area contributed by atoms with E-state index in [4.69, 9.17) is 0 Å². The van der Waals surface area contributed by atoms with Crippen LogP contribution in [0.2, 0.25) is 0 Å². The van der Waals surface area contributed by atoms with E-state index < -0.39 is 15.1 Å². The van der Waals surface area contributed by atoms with Gasteiger partial charge in [0.25, 0.3) is 5.91 Å². The molecule has 0 aliphatic heterocycles. The zero-order chi connectivity index (χ0) is 19.4. The molecule has 27 heavy (non-hydrogen) atoms. The molecule has 1 N–H and O–H groups in total. The van der Waals surface area contributed by atoms with Crippen LogP contribution in [0.4, 0.5) is 0 Å². The SMILES string of the molecule is Cc1ccc(S(=O)(=O)C(CNC(=O)c2cccc(C)c2)c2cccs2)cc1. The first-order valence-electron chi connectivity index (χ1n) is 8.57. The highest BCUT2D eigenvalue weighted by Crippen LogP contribution is 2.31. The van der Waals surface area contributed by atoms with Crippen molar-refractivity contribution in [1.29, 1.82) is 0 Å². The van der Waals surface area contributed by atoms with E-state index in [1.165, 1.54) is 11.3 Å². The molecule has 1 atom stereocenters. The Morgan fingerprint density at radius 2 is 1.74 bits per heavy atom. The van der Waals surface area contributed by atoms with Gasteiger partial charge in [-0.05, 0) is 49.6 Å². The van der Waals surface area contributed by atoms with E-state index in [0.29, 0.717) is 10.4 Å². The second-order valence-corrected chi connectivity index (χ2v) is 9.55. The van der Waals surface area contributed by atoms with Gasteiger partial charge in [0.15, 0.2) is 9.84 Å². The fraction of sp³-hybridized carbons (Fsp3) is 0.190. The number of aryl methyl sites for hydroxylation is 2. The molecule has 0 aliphatic rings. The Balaban J connectivity index is 1.86. The molecule has 1 unspecified atom stereocenters. The van der Waals surface area contributed by atoms with Gasteiger partial charge in [-0.15, -0.1) is 11.3 Å². The summed E-state index contributed by atoms with van der Waals surface area (Å²) in [5.74, 6) is -0.278. The number of thiophene rings is 1. The van der Waals surface area contributed by atoms with Crippen molar-refractivity contribution >= 4 is 27.1 Å². The van der Waals surface area contributed by atoms with E-state index in [9.17, 15) is 13.2 Å². The topological polar surface area (TPSA) is 63.2 Å². The Labute approximate surface area is 163 Å². The van der Waals surface area contributed by atoms with Gasteiger partial charge in [0.2, 0.25) is 0 Å². The van der Waals surface area contributed by atoms with Gasteiger partial charge in [-0.25, -0.2) is 8.42 Å². The van der Waals surface area contributed by atoms with Gasteiger partial charge in [-0.2, -0.15) is 0 Å². The van der Waals surface area contributed by atoms with Gasteiger partial charge in [0.05, 0.1) is 4.90 Å². The molecule has 4 nitrogen and oxygen atoms in total. The molecule has 1 amide bonds. The summed E-state index contributed by atoms with van der Waals surface area (Å²) >= 11 is 1.38. The first kappa shape index (κ1) is 19.3. The minimum atomic E-state index is -3.63. The number of amides is 1. The van der Waals surface area contributed by atoms with Crippen LogP contribution >= 0.6 is 11.3 Å². The Hall–Kier alpha value is -2.44. The molecule has 0 spiro atoms. The third-order valence-corrected chi connectivity index (χ3v) is 7.55. The number of sulfone groups is 1. The lowest BCUT2D eigenvalue weighted by atomic mass is 10.1. The van der Waals surface area contributed by atoms with Crippen molar-refractivity contribution in [3.05, 3.63) is 87.6 Å². The normalized spacial score (nSPS) is 12.5. The lowest BCUT2D eigenvalue weighted by molar-refractivity contribution is 0.0953. The Morgan fingerprint density at radius 3 is 2.37 bits per heavy atom. The van der Waals surface area contributed by atoms with E-state index >= 15 is 0 Å². The summed E-state index contributed by atoms with van der Waals surface area (Å²) in [5, 5.41) is 3.81. The largest absolute Gasteiger partial charge is 0.350 e. The summed E-state index contributed by atoms with van der Waals surface area (Å²) < 4.78 is 26.4. The summed E-state index contributed by atoms with van der Waals surface area (Å²) in [4.78, 5) is 13.4. The summed E-state index contributed by atoms with van der Waals surface area (Å²) in [6.07, 6.45) is 0. The third-order valence-electron chi connectivity index (χ3n) is 4.31. The molecule has 2 aromatic carbocycles. The fourth-order valence-electron chi connectivity index (χ4n) is 2.80. The number of carbonyl (C=O) groups is 1. The molecule has 0 saturated carbocycles. The molecule has 3 rings (SSSR count). The first-order chi connectivity index (χ1) is 12.9. The van der Waals surface area contributed by atoms with Crippen LogP contribution in [0.1, 0.15) is 31.6 Å². The van der Waals surface area contributed by atoms with Crippen LogP contribution in [0.3, 0.4) is 0 Å². The van der Waals surface area contributed by atoms with E-state index in [0.717, 1.165) is 11.1 Å². The van der Waals surface area contributed by atoms with Crippen LogP contribution < -0.4 is 5.32 Å². The smallest absolute Gasteiger partial charge is 0.251 e. The van der Waals surface area contributed by atoms with Crippen molar-refractivity contribution < 1.29 is 13.2 Å². The van der Waals surface area contributed by atoms with Crippen molar-refractivity contribution in [3.63, 3.8) is 0 Å². The van der Waals surface area contributed by atoms with Gasteiger partial charge < -0.3 is 5.32 Å². The van der Waals surface area contributed by atoms with E-state index in [-0.39, 0.29) is 17.3 Å². The summed E-state index contributed by atoms with van der Waals surface area (Å²) in [5.41, 5.74) is 2.49. The highest BCUT2D eigenvalue weighted by Gasteiger charge is 2.30. The first-order valence-corrected chi connectivity index (χ1v) is 11.0. The van der Waals surface area contributed by atoms with E-state index in [2.05, 4.69) is 5.32 Å². The highest BCUT2D eigenvalue weighted by atomic mass is 32.2. The van der Waals surface area contributed by atoms with Crippen LogP contribution in [-0.4, -0.2) is 20.9 Å². The second-order valence-electron chi connectivity index (χ2n) is 6.44. The van der Waals surface area contributed by atoms with Crippen molar-refractivity contribution in [2.24, 2.45) is 0 Å². The van der Waals surface area contributed by atoms with Crippen LogP contribution in [0, 0.1) is 13.8 Å². The van der Waals surface area contributed by atoms with E-state index in [1.54, 1.807) is 42.5 Å². The average Bonchev–Trinajstić information content (AvgIpc) is 3.16.